The van der Waals surface area contributed by atoms with Gasteiger partial charge >= 0.3 is 5.69 Å². The molecule has 2 aliphatic rings. The predicted molar refractivity (Wildman–Crippen MR) is 99.4 cm³/mol. The molecule has 5 rings (SSSR count). The molecule has 3 aromatic rings. The van der Waals surface area contributed by atoms with Gasteiger partial charge in [0.2, 0.25) is 0 Å². The summed E-state index contributed by atoms with van der Waals surface area (Å²) in [4.78, 5) is 27.2. The summed E-state index contributed by atoms with van der Waals surface area (Å²) in [5, 5.41) is 15.4. The molecule has 0 radical (unpaired) electrons. The molecule has 0 bridgehead atoms. The molecular weight excluding hydrogens is 376 g/mol. The number of rotatable bonds is 3. The van der Waals surface area contributed by atoms with Gasteiger partial charge < -0.3 is 9.64 Å². The van der Waals surface area contributed by atoms with Crippen LogP contribution in [0.25, 0.3) is 5.69 Å². The largest absolute Gasteiger partial charge is 0.363 e. The number of ether oxygens (including phenoxy) is 1. The smallest absolute Gasteiger partial charge is 0.346 e. The number of amides is 1. The Hall–Kier alpha value is -3.34. The highest BCUT2D eigenvalue weighted by molar-refractivity contribution is 5.94. The molecule has 4 heterocycles. The van der Waals surface area contributed by atoms with E-state index < -0.39 is 5.60 Å². The van der Waals surface area contributed by atoms with Crippen LogP contribution in [0, 0.1) is 0 Å². The number of nitrogens with zero attached hydrogens (tertiary/aromatic N) is 8. The van der Waals surface area contributed by atoms with Gasteiger partial charge in [-0.1, -0.05) is 0 Å². The minimum Gasteiger partial charge on any atom is -0.363 e. The standard InChI is InChI=1S/C18H20N8O3/c1-2-25-17(28)24-11-18(29-9-15(24)20-25)7-8-23(10-18)16(27)13-3-5-14(6-4-13)26-12-19-21-22-26/h3-6,12H,2,7-11H2,1H3. The zero-order valence-electron chi connectivity index (χ0n) is 15.9. The number of aromatic nitrogens is 7. The van der Waals surface area contributed by atoms with E-state index in [1.165, 1.54) is 15.7 Å². The number of hydrogen-bond acceptors (Lipinski definition) is 7. The van der Waals surface area contributed by atoms with E-state index in [1.54, 1.807) is 33.7 Å². The Bertz CT molecular complexity index is 1100. The number of hydrogen-bond donors (Lipinski definition) is 0. The second-order valence-electron chi connectivity index (χ2n) is 7.35. The molecule has 1 aromatic carbocycles. The van der Waals surface area contributed by atoms with Gasteiger partial charge in [-0.25, -0.2) is 14.2 Å². The first-order valence-corrected chi connectivity index (χ1v) is 9.52. The van der Waals surface area contributed by atoms with Crippen LogP contribution in [-0.2, 0) is 24.4 Å². The quantitative estimate of drug-likeness (QED) is 0.605. The van der Waals surface area contributed by atoms with E-state index in [2.05, 4.69) is 20.6 Å². The van der Waals surface area contributed by atoms with Crippen molar-refractivity contribution < 1.29 is 9.53 Å². The van der Waals surface area contributed by atoms with Crippen molar-refractivity contribution in [3.8, 4) is 5.69 Å². The highest BCUT2D eigenvalue weighted by Crippen LogP contribution is 2.32. The maximum atomic E-state index is 13.0. The summed E-state index contributed by atoms with van der Waals surface area (Å²) in [7, 11) is 0. The van der Waals surface area contributed by atoms with Gasteiger partial charge in [0.15, 0.2) is 5.82 Å². The summed E-state index contributed by atoms with van der Waals surface area (Å²) >= 11 is 0. The average Bonchev–Trinajstić information content (AvgIpc) is 3.48. The Morgan fingerprint density at radius 2 is 2.07 bits per heavy atom. The van der Waals surface area contributed by atoms with Crippen LogP contribution in [0.5, 0.6) is 0 Å². The topological polar surface area (TPSA) is 113 Å². The molecule has 1 amide bonds. The van der Waals surface area contributed by atoms with Crippen molar-refractivity contribution in [3.05, 3.63) is 52.5 Å². The highest BCUT2D eigenvalue weighted by atomic mass is 16.5. The number of fused-ring (bicyclic) bond motifs is 1. The van der Waals surface area contributed by atoms with Gasteiger partial charge in [0, 0.05) is 18.7 Å². The zero-order valence-corrected chi connectivity index (χ0v) is 15.9. The number of tetrazole rings is 1. The fourth-order valence-corrected chi connectivity index (χ4v) is 3.99. The Balaban J connectivity index is 1.32. The van der Waals surface area contributed by atoms with Gasteiger partial charge in [0.25, 0.3) is 5.91 Å². The number of benzene rings is 1. The summed E-state index contributed by atoms with van der Waals surface area (Å²) in [6.07, 6.45) is 2.18. The molecule has 150 valence electrons. The SMILES string of the molecule is CCn1nc2n(c1=O)CC1(CCN(C(=O)c3ccc(-n4cnnn4)cc3)C1)OC2. The Morgan fingerprint density at radius 1 is 1.24 bits per heavy atom. The molecule has 1 saturated heterocycles. The Labute approximate surface area is 165 Å². The first-order chi connectivity index (χ1) is 14.1. The third-order valence-corrected chi connectivity index (χ3v) is 5.58. The van der Waals surface area contributed by atoms with Gasteiger partial charge in [-0.15, -0.1) is 5.10 Å². The molecule has 1 unspecified atom stereocenters. The van der Waals surface area contributed by atoms with E-state index in [0.717, 1.165) is 5.69 Å². The number of carbonyl (C=O) groups is 1. The van der Waals surface area contributed by atoms with Crippen molar-refractivity contribution in [2.45, 2.75) is 38.6 Å². The normalized spacial score (nSPS) is 20.9. The lowest BCUT2D eigenvalue weighted by molar-refractivity contribution is -0.0816. The summed E-state index contributed by atoms with van der Waals surface area (Å²) in [5.41, 5.74) is 0.708. The van der Waals surface area contributed by atoms with Crippen LogP contribution in [0.1, 0.15) is 29.5 Å². The van der Waals surface area contributed by atoms with E-state index in [9.17, 15) is 9.59 Å². The molecule has 11 nitrogen and oxygen atoms in total. The van der Waals surface area contributed by atoms with E-state index in [-0.39, 0.29) is 18.2 Å². The van der Waals surface area contributed by atoms with Crippen LogP contribution in [0.15, 0.2) is 35.4 Å². The van der Waals surface area contributed by atoms with E-state index >= 15 is 0 Å². The van der Waals surface area contributed by atoms with E-state index in [0.29, 0.717) is 44.0 Å². The van der Waals surface area contributed by atoms with Crippen molar-refractivity contribution in [2.24, 2.45) is 0 Å². The van der Waals surface area contributed by atoms with Gasteiger partial charge in [0.05, 0.1) is 18.8 Å². The molecule has 1 atom stereocenters. The lowest BCUT2D eigenvalue weighted by Crippen LogP contribution is -2.47. The van der Waals surface area contributed by atoms with Crippen LogP contribution in [0.2, 0.25) is 0 Å². The van der Waals surface area contributed by atoms with Crippen molar-refractivity contribution in [3.63, 3.8) is 0 Å². The molecule has 1 fully saturated rings. The molecule has 1 spiro atoms. The minimum absolute atomic E-state index is 0.0591. The first kappa shape index (κ1) is 17.7. The third kappa shape index (κ3) is 2.94. The summed E-state index contributed by atoms with van der Waals surface area (Å²) in [6, 6.07) is 7.13. The van der Waals surface area contributed by atoms with Gasteiger partial charge in [-0.2, -0.15) is 5.10 Å². The molecule has 29 heavy (non-hydrogen) atoms. The van der Waals surface area contributed by atoms with Crippen molar-refractivity contribution >= 4 is 5.91 Å². The van der Waals surface area contributed by atoms with Crippen LogP contribution in [0.3, 0.4) is 0 Å². The van der Waals surface area contributed by atoms with E-state index in [4.69, 9.17) is 4.74 Å². The van der Waals surface area contributed by atoms with Crippen LogP contribution in [0.4, 0.5) is 0 Å². The molecule has 2 aromatic heterocycles. The van der Waals surface area contributed by atoms with Crippen LogP contribution >= 0.6 is 0 Å². The summed E-state index contributed by atoms with van der Waals surface area (Å²) in [5.74, 6) is 0.585. The number of likely N-dealkylation sites (tertiary alicyclic amines) is 1. The molecular formula is C18H20N8O3. The molecule has 0 saturated carbocycles. The molecule has 0 N–H and O–H groups in total. The molecule has 0 aliphatic carbocycles. The lowest BCUT2D eigenvalue weighted by atomic mass is 10.0. The van der Waals surface area contributed by atoms with Gasteiger partial charge in [-0.3, -0.25) is 9.36 Å². The van der Waals surface area contributed by atoms with Crippen molar-refractivity contribution in [1.82, 2.24) is 39.5 Å². The Morgan fingerprint density at radius 3 is 2.79 bits per heavy atom. The minimum atomic E-state index is -0.541. The second-order valence-corrected chi connectivity index (χ2v) is 7.35. The van der Waals surface area contributed by atoms with Gasteiger partial charge in [-0.05, 0) is 48.0 Å². The van der Waals surface area contributed by atoms with E-state index in [1.807, 2.05) is 6.92 Å². The fourth-order valence-electron chi connectivity index (χ4n) is 3.99. The maximum absolute atomic E-state index is 13.0. The number of aryl methyl sites for hydroxylation is 1. The lowest BCUT2D eigenvalue weighted by Gasteiger charge is -2.33. The second kappa shape index (κ2) is 6.62. The summed E-state index contributed by atoms with van der Waals surface area (Å²) in [6.45, 7) is 4.15. The summed E-state index contributed by atoms with van der Waals surface area (Å²) < 4.78 is 10.8. The first-order valence-electron chi connectivity index (χ1n) is 9.52. The maximum Gasteiger partial charge on any atom is 0.346 e. The van der Waals surface area contributed by atoms with Crippen LogP contribution in [-0.4, -0.2) is 64.1 Å². The van der Waals surface area contributed by atoms with Gasteiger partial charge in [0.1, 0.15) is 18.5 Å². The average molecular weight is 396 g/mol. The van der Waals surface area contributed by atoms with Crippen molar-refractivity contribution in [2.75, 3.05) is 13.1 Å². The monoisotopic (exact) mass is 396 g/mol. The Kier molecular flexibility index (Phi) is 4.05. The van der Waals surface area contributed by atoms with Crippen molar-refractivity contribution in [1.29, 1.82) is 0 Å². The molecule has 11 heteroatoms. The fraction of sp³-hybridized carbons (Fsp3) is 0.444. The third-order valence-electron chi connectivity index (χ3n) is 5.58. The number of carbonyl (C=O) groups excluding carboxylic acids is 1. The zero-order chi connectivity index (χ0) is 20.0. The molecule has 2 aliphatic heterocycles. The predicted octanol–water partition coefficient (Wildman–Crippen LogP) is -0.144. The van der Waals surface area contributed by atoms with Crippen LogP contribution < -0.4 is 5.69 Å². The highest BCUT2D eigenvalue weighted by Gasteiger charge is 2.45.